The fraction of sp³-hybridized carbons (Fsp3) is 0.250. The van der Waals surface area contributed by atoms with Gasteiger partial charge in [0.15, 0.2) is 0 Å². The molecule has 0 aliphatic heterocycles. The van der Waals surface area contributed by atoms with Gasteiger partial charge in [0.05, 0.1) is 5.69 Å². The number of pyridine rings is 1. The molecule has 1 heterocycles. The molecular formula is C24H24N2O. The Labute approximate surface area is 160 Å². The van der Waals surface area contributed by atoms with E-state index in [1.54, 1.807) is 4.57 Å². The standard InChI is InChI=1S/C24H24N2O/c1-2-3-4-11-16-26-23(20-14-9-6-10-15-20)17-21(22(18-25)24(26)27)19-12-7-5-8-13-19/h5-10,12-15,17H,2-4,11,16H2,1H3. The predicted molar refractivity (Wildman–Crippen MR) is 110 cm³/mol. The van der Waals surface area contributed by atoms with Gasteiger partial charge in [0, 0.05) is 12.1 Å². The minimum Gasteiger partial charge on any atom is -0.307 e. The Morgan fingerprint density at radius 2 is 1.52 bits per heavy atom. The van der Waals surface area contributed by atoms with Gasteiger partial charge < -0.3 is 4.57 Å². The lowest BCUT2D eigenvalue weighted by molar-refractivity contribution is 0.574. The quantitative estimate of drug-likeness (QED) is 0.515. The first-order valence-corrected chi connectivity index (χ1v) is 9.55. The average molecular weight is 356 g/mol. The number of nitriles is 1. The van der Waals surface area contributed by atoms with Crippen molar-refractivity contribution < 1.29 is 0 Å². The van der Waals surface area contributed by atoms with Gasteiger partial charge in [0.25, 0.3) is 5.56 Å². The Morgan fingerprint density at radius 1 is 0.889 bits per heavy atom. The molecule has 0 amide bonds. The molecule has 0 atom stereocenters. The number of hydrogen-bond donors (Lipinski definition) is 0. The Balaban J connectivity index is 2.17. The van der Waals surface area contributed by atoms with E-state index in [-0.39, 0.29) is 11.1 Å². The van der Waals surface area contributed by atoms with E-state index in [1.165, 1.54) is 0 Å². The molecule has 0 radical (unpaired) electrons. The first kappa shape index (κ1) is 18.7. The van der Waals surface area contributed by atoms with Crippen LogP contribution in [0.25, 0.3) is 22.4 Å². The lowest BCUT2D eigenvalue weighted by Gasteiger charge is -2.16. The van der Waals surface area contributed by atoms with E-state index < -0.39 is 0 Å². The van der Waals surface area contributed by atoms with Gasteiger partial charge >= 0.3 is 0 Å². The summed E-state index contributed by atoms with van der Waals surface area (Å²) in [5.74, 6) is 0. The van der Waals surface area contributed by atoms with Crippen molar-refractivity contribution in [3.63, 3.8) is 0 Å². The van der Waals surface area contributed by atoms with Gasteiger partial charge in [-0.05, 0) is 23.6 Å². The molecule has 0 saturated heterocycles. The summed E-state index contributed by atoms with van der Waals surface area (Å²) in [5, 5.41) is 9.69. The highest BCUT2D eigenvalue weighted by Crippen LogP contribution is 2.27. The van der Waals surface area contributed by atoms with Crippen LogP contribution in [0.3, 0.4) is 0 Å². The molecule has 1 aromatic heterocycles. The maximum Gasteiger partial charge on any atom is 0.269 e. The molecule has 0 N–H and O–H groups in total. The van der Waals surface area contributed by atoms with Crippen molar-refractivity contribution in [1.29, 1.82) is 5.26 Å². The SMILES string of the molecule is CCCCCCn1c(-c2ccccc2)cc(-c2ccccc2)c(C#N)c1=O. The van der Waals surface area contributed by atoms with Crippen LogP contribution in [0.4, 0.5) is 0 Å². The van der Waals surface area contributed by atoms with Crippen LogP contribution < -0.4 is 5.56 Å². The van der Waals surface area contributed by atoms with E-state index >= 15 is 0 Å². The van der Waals surface area contributed by atoms with Gasteiger partial charge in [-0.1, -0.05) is 86.8 Å². The molecule has 3 nitrogen and oxygen atoms in total. The number of hydrogen-bond acceptors (Lipinski definition) is 2. The van der Waals surface area contributed by atoms with Crippen LogP contribution in [0.15, 0.2) is 71.5 Å². The van der Waals surface area contributed by atoms with Crippen molar-refractivity contribution in [2.24, 2.45) is 0 Å². The second-order valence-electron chi connectivity index (χ2n) is 6.68. The molecule has 3 aromatic rings. The first-order chi connectivity index (χ1) is 13.3. The highest BCUT2D eigenvalue weighted by molar-refractivity contribution is 5.75. The van der Waals surface area contributed by atoms with Crippen molar-refractivity contribution in [2.75, 3.05) is 0 Å². The topological polar surface area (TPSA) is 45.8 Å². The molecule has 3 rings (SSSR count). The van der Waals surface area contributed by atoms with Crippen LogP contribution in [0.5, 0.6) is 0 Å². The van der Waals surface area contributed by atoms with Gasteiger partial charge in [-0.2, -0.15) is 5.26 Å². The summed E-state index contributed by atoms with van der Waals surface area (Å²) < 4.78 is 1.77. The Kier molecular flexibility index (Phi) is 6.22. The van der Waals surface area contributed by atoms with Crippen LogP contribution in [0.1, 0.15) is 38.2 Å². The monoisotopic (exact) mass is 356 g/mol. The van der Waals surface area contributed by atoms with Crippen LogP contribution in [0.2, 0.25) is 0 Å². The van der Waals surface area contributed by atoms with Crippen molar-refractivity contribution in [2.45, 2.75) is 39.2 Å². The Morgan fingerprint density at radius 3 is 2.11 bits per heavy atom. The van der Waals surface area contributed by atoms with Crippen LogP contribution in [0, 0.1) is 11.3 Å². The molecular weight excluding hydrogens is 332 g/mol. The van der Waals surface area contributed by atoms with Gasteiger partial charge in [0.1, 0.15) is 11.6 Å². The van der Waals surface area contributed by atoms with E-state index in [4.69, 9.17) is 0 Å². The number of benzene rings is 2. The van der Waals surface area contributed by atoms with Gasteiger partial charge in [0.2, 0.25) is 0 Å². The summed E-state index contributed by atoms with van der Waals surface area (Å²) in [6, 6.07) is 23.7. The number of aromatic nitrogens is 1. The second kappa shape index (κ2) is 9.00. The summed E-state index contributed by atoms with van der Waals surface area (Å²) in [6.07, 6.45) is 4.32. The summed E-state index contributed by atoms with van der Waals surface area (Å²) in [5.41, 5.74) is 3.47. The summed E-state index contributed by atoms with van der Waals surface area (Å²) >= 11 is 0. The number of unbranched alkanes of at least 4 members (excludes halogenated alkanes) is 3. The Bertz CT molecular complexity index is 983. The van der Waals surface area contributed by atoms with E-state index in [9.17, 15) is 10.1 Å². The maximum absolute atomic E-state index is 13.2. The zero-order chi connectivity index (χ0) is 19.1. The highest BCUT2D eigenvalue weighted by Gasteiger charge is 2.16. The minimum atomic E-state index is -0.200. The molecule has 0 spiro atoms. The summed E-state index contributed by atoms with van der Waals surface area (Å²) in [4.78, 5) is 13.2. The van der Waals surface area contributed by atoms with E-state index in [2.05, 4.69) is 13.0 Å². The van der Waals surface area contributed by atoms with Crippen molar-refractivity contribution in [3.8, 4) is 28.5 Å². The van der Waals surface area contributed by atoms with Crippen LogP contribution in [-0.4, -0.2) is 4.57 Å². The van der Waals surface area contributed by atoms with E-state index in [0.29, 0.717) is 12.1 Å². The fourth-order valence-electron chi connectivity index (χ4n) is 3.37. The molecule has 0 fully saturated rings. The van der Waals surface area contributed by atoms with Gasteiger partial charge in [-0.3, -0.25) is 4.79 Å². The number of nitrogens with zero attached hydrogens (tertiary/aromatic N) is 2. The van der Waals surface area contributed by atoms with Gasteiger partial charge in [-0.25, -0.2) is 0 Å². The smallest absolute Gasteiger partial charge is 0.269 e. The molecule has 0 aliphatic carbocycles. The zero-order valence-electron chi connectivity index (χ0n) is 15.7. The fourth-order valence-corrected chi connectivity index (χ4v) is 3.37. The normalized spacial score (nSPS) is 10.5. The number of rotatable bonds is 7. The molecule has 136 valence electrons. The van der Waals surface area contributed by atoms with Crippen molar-refractivity contribution in [1.82, 2.24) is 4.57 Å². The van der Waals surface area contributed by atoms with E-state index in [0.717, 1.165) is 42.5 Å². The predicted octanol–water partition coefficient (Wildman–Crippen LogP) is 5.63. The molecule has 0 bridgehead atoms. The zero-order valence-corrected chi connectivity index (χ0v) is 15.7. The third kappa shape index (κ3) is 4.17. The maximum atomic E-state index is 13.2. The summed E-state index contributed by atoms with van der Waals surface area (Å²) in [6.45, 7) is 2.80. The molecule has 0 unspecified atom stereocenters. The van der Waals surface area contributed by atoms with Gasteiger partial charge in [-0.15, -0.1) is 0 Å². The molecule has 27 heavy (non-hydrogen) atoms. The van der Waals surface area contributed by atoms with Crippen molar-refractivity contribution >= 4 is 0 Å². The lowest BCUT2D eigenvalue weighted by atomic mass is 9.98. The average Bonchev–Trinajstić information content (AvgIpc) is 2.73. The third-order valence-electron chi connectivity index (χ3n) is 4.80. The largest absolute Gasteiger partial charge is 0.307 e. The molecule has 3 heteroatoms. The van der Waals surface area contributed by atoms with Crippen LogP contribution >= 0.6 is 0 Å². The minimum absolute atomic E-state index is 0.200. The molecule has 0 aliphatic rings. The molecule has 0 saturated carbocycles. The van der Waals surface area contributed by atoms with Crippen LogP contribution in [-0.2, 0) is 6.54 Å². The Hall–Kier alpha value is -3.12. The first-order valence-electron chi connectivity index (χ1n) is 9.55. The molecule has 2 aromatic carbocycles. The third-order valence-corrected chi connectivity index (χ3v) is 4.80. The second-order valence-corrected chi connectivity index (χ2v) is 6.68. The summed E-state index contributed by atoms with van der Waals surface area (Å²) in [7, 11) is 0. The highest BCUT2D eigenvalue weighted by atomic mass is 16.1. The van der Waals surface area contributed by atoms with E-state index in [1.807, 2.05) is 66.7 Å². The van der Waals surface area contributed by atoms with Crippen molar-refractivity contribution in [3.05, 3.63) is 82.6 Å². The lowest BCUT2D eigenvalue weighted by Crippen LogP contribution is -2.25.